The molecule has 0 aromatic heterocycles. The quantitative estimate of drug-likeness (QED) is 0.391. The average molecular weight is 288 g/mol. The highest BCUT2D eigenvalue weighted by Gasteiger charge is 2.10. The van der Waals surface area contributed by atoms with Crippen molar-refractivity contribution in [2.75, 3.05) is 6.61 Å². The Bertz CT molecular complexity index is 907. The van der Waals surface area contributed by atoms with Crippen LogP contribution < -0.4 is 0 Å². The standard InChI is InChI=1S/C21H20O/c22-14-3-1-2-5-15-8-9-18-11-10-16-6-4-7-17-12-13-19(15)21(18)20(16)17/h4,6-13,22H,1-3,5,14H2. The molecule has 0 fully saturated rings. The largest absolute Gasteiger partial charge is 0.396 e. The van der Waals surface area contributed by atoms with Gasteiger partial charge in [-0.25, -0.2) is 0 Å². The number of hydrogen-bond donors (Lipinski definition) is 1. The fourth-order valence-electron chi connectivity index (χ4n) is 3.62. The van der Waals surface area contributed by atoms with Crippen molar-refractivity contribution < 1.29 is 5.11 Å². The maximum Gasteiger partial charge on any atom is 0.0431 e. The van der Waals surface area contributed by atoms with Gasteiger partial charge in [0.2, 0.25) is 0 Å². The third-order valence-electron chi connectivity index (χ3n) is 4.72. The Kier molecular flexibility index (Phi) is 3.44. The predicted molar refractivity (Wildman–Crippen MR) is 94.8 cm³/mol. The third-order valence-corrected chi connectivity index (χ3v) is 4.72. The molecule has 1 nitrogen and oxygen atoms in total. The molecule has 0 aliphatic rings. The zero-order valence-electron chi connectivity index (χ0n) is 12.7. The van der Waals surface area contributed by atoms with Crippen molar-refractivity contribution in [3.05, 3.63) is 60.2 Å². The van der Waals surface area contributed by atoms with Gasteiger partial charge in [-0.3, -0.25) is 0 Å². The predicted octanol–water partition coefficient (Wildman–Crippen LogP) is 5.29. The van der Waals surface area contributed by atoms with Gasteiger partial charge in [-0.05, 0) is 57.1 Å². The summed E-state index contributed by atoms with van der Waals surface area (Å²) in [6.07, 6.45) is 4.24. The Morgan fingerprint density at radius 3 is 2.09 bits per heavy atom. The first-order valence-electron chi connectivity index (χ1n) is 8.15. The van der Waals surface area contributed by atoms with Gasteiger partial charge in [0.05, 0.1) is 0 Å². The lowest BCUT2D eigenvalue weighted by atomic mass is 9.90. The lowest BCUT2D eigenvalue weighted by Gasteiger charge is -2.13. The van der Waals surface area contributed by atoms with E-state index in [1.54, 1.807) is 0 Å². The number of rotatable bonds is 5. The van der Waals surface area contributed by atoms with Gasteiger partial charge in [0.25, 0.3) is 0 Å². The summed E-state index contributed by atoms with van der Waals surface area (Å²) in [6, 6.07) is 20.1. The summed E-state index contributed by atoms with van der Waals surface area (Å²) >= 11 is 0. The molecule has 0 unspecified atom stereocenters. The van der Waals surface area contributed by atoms with Gasteiger partial charge in [0.15, 0.2) is 0 Å². The van der Waals surface area contributed by atoms with Crippen molar-refractivity contribution in [3.8, 4) is 0 Å². The summed E-state index contributed by atoms with van der Waals surface area (Å²) in [4.78, 5) is 0. The highest BCUT2D eigenvalue weighted by molar-refractivity contribution is 6.23. The summed E-state index contributed by atoms with van der Waals surface area (Å²) < 4.78 is 0. The molecule has 0 saturated carbocycles. The lowest BCUT2D eigenvalue weighted by Crippen LogP contribution is -1.92. The first-order valence-corrected chi connectivity index (χ1v) is 8.15. The van der Waals surface area contributed by atoms with Crippen molar-refractivity contribution >= 4 is 32.3 Å². The van der Waals surface area contributed by atoms with Crippen LogP contribution in [0.3, 0.4) is 0 Å². The van der Waals surface area contributed by atoms with Crippen molar-refractivity contribution in [1.82, 2.24) is 0 Å². The van der Waals surface area contributed by atoms with Gasteiger partial charge in [-0.15, -0.1) is 0 Å². The molecular formula is C21H20O. The van der Waals surface area contributed by atoms with Crippen LogP contribution in [0.25, 0.3) is 32.3 Å². The summed E-state index contributed by atoms with van der Waals surface area (Å²) in [6.45, 7) is 0.304. The Labute approximate surface area is 130 Å². The van der Waals surface area contributed by atoms with Crippen LogP contribution in [0.5, 0.6) is 0 Å². The molecule has 4 rings (SSSR count). The van der Waals surface area contributed by atoms with E-state index in [4.69, 9.17) is 5.11 Å². The molecule has 0 bridgehead atoms. The summed E-state index contributed by atoms with van der Waals surface area (Å²) in [5, 5.41) is 17.1. The van der Waals surface area contributed by atoms with E-state index in [0.29, 0.717) is 6.61 Å². The molecule has 0 atom stereocenters. The van der Waals surface area contributed by atoms with E-state index in [-0.39, 0.29) is 0 Å². The van der Waals surface area contributed by atoms with Crippen LogP contribution in [-0.4, -0.2) is 11.7 Å². The number of hydrogen-bond acceptors (Lipinski definition) is 1. The molecular weight excluding hydrogens is 268 g/mol. The number of aryl methyl sites for hydroxylation is 1. The van der Waals surface area contributed by atoms with Gasteiger partial charge >= 0.3 is 0 Å². The monoisotopic (exact) mass is 288 g/mol. The van der Waals surface area contributed by atoms with E-state index < -0.39 is 0 Å². The summed E-state index contributed by atoms with van der Waals surface area (Å²) in [5.74, 6) is 0. The average Bonchev–Trinajstić information content (AvgIpc) is 2.57. The van der Waals surface area contributed by atoms with E-state index in [1.807, 2.05) is 0 Å². The van der Waals surface area contributed by atoms with Crippen LogP contribution in [0.4, 0.5) is 0 Å². The second-order valence-electron chi connectivity index (χ2n) is 6.11. The molecule has 1 N–H and O–H groups in total. The molecule has 0 radical (unpaired) electrons. The molecule has 4 aromatic carbocycles. The first kappa shape index (κ1) is 13.5. The minimum absolute atomic E-state index is 0.304. The number of unbranched alkanes of at least 4 members (excludes halogenated alkanes) is 2. The van der Waals surface area contributed by atoms with Crippen molar-refractivity contribution in [1.29, 1.82) is 0 Å². The first-order chi connectivity index (χ1) is 10.9. The van der Waals surface area contributed by atoms with Crippen molar-refractivity contribution in [2.45, 2.75) is 25.7 Å². The molecule has 0 heterocycles. The molecule has 0 saturated heterocycles. The Balaban J connectivity index is 1.89. The second-order valence-corrected chi connectivity index (χ2v) is 6.11. The molecule has 0 amide bonds. The highest BCUT2D eigenvalue weighted by Crippen LogP contribution is 2.36. The van der Waals surface area contributed by atoms with Gasteiger partial charge in [-0.1, -0.05) is 61.0 Å². The summed E-state index contributed by atoms with van der Waals surface area (Å²) in [5.41, 5.74) is 1.43. The summed E-state index contributed by atoms with van der Waals surface area (Å²) in [7, 11) is 0. The van der Waals surface area contributed by atoms with E-state index in [0.717, 1.165) is 25.7 Å². The van der Waals surface area contributed by atoms with Crippen molar-refractivity contribution in [2.24, 2.45) is 0 Å². The molecule has 110 valence electrons. The fourth-order valence-corrected chi connectivity index (χ4v) is 3.62. The number of aliphatic hydroxyl groups excluding tert-OH is 1. The van der Waals surface area contributed by atoms with Crippen LogP contribution >= 0.6 is 0 Å². The van der Waals surface area contributed by atoms with E-state index in [1.165, 1.54) is 37.9 Å². The Hall–Kier alpha value is -2.12. The van der Waals surface area contributed by atoms with E-state index in [9.17, 15) is 0 Å². The van der Waals surface area contributed by atoms with Crippen LogP contribution in [0, 0.1) is 0 Å². The Morgan fingerprint density at radius 2 is 1.32 bits per heavy atom. The van der Waals surface area contributed by atoms with Gasteiger partial charge in [0, 0.05) is 6.61 Å². The maximum atomic E-state index is 8.92. The molecule has 0 spiro atoms. The van der Waals surface area contributed by atoms with Crippen LogP contribution in [0.1, 0.15) is 24.8 Å². The minimum Gasteiger partial charge on any atom is -0.396 e. The van der Waals surface area contributed by atoms with E-state index in [2.05, 4.69) is 54.6 Å². The minimum atomic E-state index is 0.304. The normalized spacial score (nSPS) is 11.9. The molecule has 0 aliphatic heterocycles. The SMILES string of the molecule is OCCCCCc1ccc2ccc3cccc4ccc1c2c34. The van der Waals surface area contributed by atoms with Gasteiger partial charge in [0.1, 0.15) is 0 Å². The maximum absolute atomic E-state index is 8.92. The third kappa shape index (κ3) is 2.13. The highest BCUT2D eigenvalue weighted by atomic mass is 16.2. The molecule has 0 aliphatic carbocycles. The van der Waals surface area contributed by atoms with Crippen LogP contribution in [0.15, 0.2) is 54.6 Å². The number of aliphatic hydroxyl groups is 1. The lowest BCUT2D eigenvalue weighted by molar-refractivity contribution is 0.283. The molecule has 22 heavy (non-hydrogen) atoms. The molecule has 4 aromatic rings. The van der Waals surface area contributed by atoms with Crippen LogP contribution in [0.2, 0.25) is 0 Å². The van der Waals surface area contributed by atoms with Crippen molar-refractivity contribution in [3.63, 3.8) is 0 Å². The van der Waals surface area contributed by atoms with Gasteiger partial charge in [-0.2, -0.15) is 0 Å². The van der Waals surface area contributed by atoms with Gasteiger partial charge < -0.3 is 5.11 Å². The number of benzene rings is 4. The van der Waals surface area contributed by atoms with E-state index >= 15 is 0 Å². The molecule has 1 heteroatoms. The topological polar surface area (TPSA) is 20.2 Å². The fraction of sp³-hybridized carbons (Fsp3) is 0.238. The Morgan fingerprint density at radius 1 is 0.636 bits per heavy atom. The van der Waals surface area contributed by atoms with Crippen LogP contribution in [-0.2, 0) is 6.42 Å². The smallest absolute Gasteiger partial charge is 0.0431 e. The zero-order chi connectivity index (χ0) is 14.9. The second kappa shape index (κ2) is 5.58. The zero-order valence-corrected chi connectivity index (χ0v) is 12.7.